The monoisotopic (exact) mass is 439 g/mol. The maximum absolute atomic E-state index is 12.4. The van der Waals surface area contributed by atoms with Crippen molar-refractivity contribution in [3.63, 3.8) is 0 Å². The summed E-state index contributed by atoms with van der Waals surface area (Å²) in [5.74, 6) is -0.326. The molecule has 146 valence electrons. The first-order valence-corrected chi connectivity index (χ1v) is 9.81. The van der Waals surface area contributed by atoms with Crippen molar-refractivity contribution in [2.24, 2.45) is 0 Å². The lowest BCUT2D eigenvalue weighted by molar-refractivity contribution is -0.149. The van der Waals surface area contributed by atoms with E-state index in [1.54, 1.807) is 44.2 Å². The Kier molecular flexibility index (Phi) is 6.17. The van der Waals surface area contributed by atoms with Crippen LogP contribution in [0.25, 0.3) is 17.4 Å². The molecule has 1 aliphatic heterocycles. The number of halogens is 2. The lowest BCUT2D eigenvalue weighted by Gasteiger charge is -2.13. The summed E-state index contributed by atoms with van der Waals surface area (Å²) in [5, 5.41) is 0.398. The van der Waals surface area contributed by atoms with Crippen LogP contribution >= 0.6 is 35.0 Å². The summed E-state index contributed by atoms with van der Waals surface area (Å²) in [6.45, 7) is 2.95. The van der Waals surface area contributed by atoms with Gasteiger partial charge in [-0.05, 0) is 55.9 Å². The summed E-state index contributed by atoms with van der Waals surface area (Å²) < 4.78 is 10.7. The fourth-order valence-corrected chi connectivity index (χ4v) is 3.82. The van der Waals surface area contributed by atoms with Crippen LogP contribution in [0.3, 0.4) is 0 Å². The van der Waals surface area contributed by atoms with Gasteiger partial charge in [-0.25, -0.2) is 0 Å². The first-order valence-electron chi connectivity index (χ1n) is 8.24. The molecule has 0 atom stereocenters. The van der Waals surface area contributed by atoms with Crippen molar-refractivity contribution in [3.05, 3.63) is 51.0 Å². The van der Waals surface area contributed by atoms with Crippen LogP contribution in [0.15, 0.2) is 39.7 Å². The van der Waals surface area contributed by atoms with Gasteiger partial charge in [0.2, 0.25) is 0 Å². The number of amides is 2. The maximum atomic E-state index is 12.4. The predicted octanol–water partition coefficient (Wildman–Crippen LogP) is 5.24. The molecule has 0 aliphatic carbocycles. The molecule has 2 aromatic rings. The van der Waals surface area contributed by atoms with Crippen LogP contribution in [-0.4, -0.2) is 34.7 Å². The Labute approximate surface area is 175 Å². The van der Waals surface area contributed by atoms with Gasteiger partial charge in [-0.2, -0.15) is 0 Å². The molecule has 1 aromatic heterocycles. The zero-order chi connectivity index (χ0) is 20.4. The molecule has 0 spiro atoms. The summed E-state index contributed by atoms with van der Waals surface area (Å²) in [6, 6.07) is 8.37. The molecule has 1 aliphatic rings. The third-order valence-corrected chi connectivity index (χ3v) is 4.92. The number of esters is 1. The molecular weight excluding hydrogens is 425 g/mol. The van der Waals surface area contributed by atoms with Gasteiger partial charge in [-0.3, -0.25) is 19.3 Å². The minimum atomic E-state index is -0.642. The molecule has 0 N–H and O–H groups in total. The second-order valence-corrected chi connectivity index (χ2v) is 8.03. The average Bonchev–Trinajstić information content (AvgIpc) is 3.14. The highest BCUT2D eigenvalue weighted by atomic mass is 35.5. The van der Waals surface area contributed by atoms with Gasteiger partial charge in [0, 0.05) is 21.7 Å². The number of hydrogen-bond donors (Lipinski definition) is 0. The van der Waals surface area contributed by atoms with Crippen molar-refractivity contribution in [3.8, 4) is 11.3 Å². The van der Waals surface area contributed by atoms with Crippen molar-refractivity contribution in [2.45, 2.75) is 20.0 Å². The molecule has 0 unspecified atom stereocenters. The number of rotatable bonds is 5. The minimum Gasteiger partial charge on any atom is -0.462 e. The van der Waals surface area contributed by atoms with E-state index in [0.717, 1.165) is 16.7 Å². The van der Waals surface area contributed by atoms with Gasteiger partial charge in [0.15, 0.2) is 0 Å². The van der Waals surface area contributed by atoms with Crippen molar-refractivity contribution >= 4 is 58.2 Å². The number of ether oxygens (including phenoxy) is 1. The van der Waals surface area contributed by atoms with Crippen molar-refractivity contribution < 1.29 is 23.5 Å². The Morgan fingerprint density at radius 3 is 2.54 bits per heavy atom. The van der Waals surface area contributed by atoms with Crippen molar-refractivity contribution in [1.82, 2.24) is 4.90 Å². The summed E-state index contributed by atoms with van der Waals surface area (Å²) in [5.41, 5.74) is 0.682. The van der Waals surface area contributed by atoms with E-state index < -0.39 is 23.7 Å². The molecule has 2 heterocycles. The summed E-state index contributed by atoms with van der Waals surface area (Å²) in [6.07, 6.45) is 1.12. The highest BCUT2D eigenvalue weighted by Gasteiger charge is 2.37. The smallest absolute Gasteiger partial charge is 0.326 e. The van der Waals surface area contributed by atoms with Gasteiger partial charge in [-0.1, -0.05) is 23.2 Å². The number of imide groups is 1. The van der Waals surface area contributed by atoms with Gasteiger partial charge in [0.1, 0.15) is 18.1 Å². The molecule has 3 rings (SSSR count). The van der Waals surface area contributed by atoms with E-state index in [9.17, 15) is 14.4 Å². The Bertz CT molecular complexity index is 962. The first-order chi connectivity index (χ1) is 13.2. The fourth-order valence-electron chi connectivity index (χ4n) is 2.48. The number of carbonyl (C=O) groups excluding carboxylic acids is 3. The van der Waals surface area contributed by atoms with Gasteiger partial charge in [-0.15, -0.1) is 0 Å². The SMILES string of the molecule is CC(C)OC(=O)CN1C(=O)S/C(=C\c2ccc(-c3cc(Cl)cc(Cl)c3)o2)C1=O. The molecule has 28 heavy (non-hydrogen) atoms. The maximum Gasteiger partial charge on any atom is 0.326 e. The summed E-state index contributed by atoms with van der Waals surface area (Å²) in [7, 11) is 0. The van der Waals surface area contributed by atoms with Gasteiger partial charge in [0.05, 0.1) is 11.0 Å². The zero-order valence-corrected chi connectivity index (χ0v) is 17.2. The molecule has 2 amide bonds. The van der Waals surface area contributed by atoms with Crippen LogP contribution in [0.4, 0.5) is 4.79 Å². The number of hydrogen-bond acceptors (Lipinski definition) is 6. The first kappa shape index (κ1) is 20.5. The zero-order valence-electron chi connectivity index (χ0n) is 14.9. The van der Waals surface area contributed by atoms with Crippen LogP contribution in [0, 0.1) is 0 Å². The highest BCUT2D eigenvalue weighted by Crippen LogP contribution is 2.34. The van der Waals surface area contributed by atoms with E-state index in [4.69, 9.17) is 32.4 Å². The van der Waals surface area contributed by atoms with Crippen LogP contribution in [-0.2, 0) is 14.3 Å². The second kappa shape index (κ2) is 8.43. The topological polar surface area (TPSA) is 76.8 Å². The fraction of sp³-hybridized carbons (Fsp3) is 0.211. The summed E-state index contributed by atoms with van der Waals surface area (Å²) in [4.78, 5) is 37.3. The lowest BCUT2D eigenvalue weighted by atomic mass is 10.2. The van der Waals surface area contributed by atoms with E-state index in [0.29, 0.717) is 27.1 Å². The van der Waals surface area contributed by atoms with Crippen LogP contribution in [0.2, 0.25) is 10.0 Å². The van der Waals surface area contributed by atoms with Crippen LogP contribution in [0.5, 0.6) is 0 Å². The molecule has 0 saturated carbocycles. The predicted molar refractivity (Wildman–Crippen MR) is 108 cm³/mol. The van der Waals surface area contributed by atoms with Crippen LogP contribution in [0.1, 0.15) is 19.6 Å². The van der Waals surface area contributed by atoms with Crippen molar-refractivity contribution in [1.29, 1.82) is 0 Å². The largest absolute Gasteiger partial charge is 0.462 e. The Morgan fingerprint density at radius 1 is 1.21 bits per heavy atom. The Hall–Kier alpha value is -2.22. The van der Waals surface area contributed by atoms with E-state index in [1.165, 1.54) is 6.08 Å². The minimum absolute atomic E-state index is 0.160. The van der Waals surface area contributed by atoms with E-state index >= 15 is 0 Å². The molecule has 1 fully saturated rings. The van der Waals surface area contributed by atoms with E-state index in [-0.39, 0.29) is 11.0 Å². The number of furan rings is 1. The van der Waals surface area contributed by atoms with Crippen LogP contribution < -0.4 is 0 Å². The molecule has 0 radical (unpaired) electrons. The number of thioether (sulfide) groups is 1. The third-order valence-electron chi connectivity index (χ3n) is 3.58. The second-order valence-electron chi connectivity index (χ2n) is 6.17. The Balaban J connectivity index is 1.77. The number of benzene rings is 1. The molecule has 1 saturated heterocycles. The normalized spacial score (nSPS) is 15.8. The highest BCUT2D eigenvalue weighted by molar-refractivity contribution is 8.18. The lowest BCUT2D eigenvalue weighted by Crippen LogP contribution is -2.35. The standard InChI is InChI=1S/C19H15Cl2NO5S/c1-10(2)26-17(23)9-22-18(24)16(28-19(22)25)8-14-3-4-15(27-14)11-5-12(20)7-13(21)6-11/h3-8,10H,9H2,1-2H3/b16-8-. The molecule has 9 heteroatoms. The number of carbonyl (C=O) groups is 3. The van der Waals surface area contributed by atoms with E-state index in [2.05, 4.69) is 0 Å². The van der Waals surface area contributed by atoms with Gasteiger partial charge < -0.3 is 9.15 Å². The molecular formula is C19H15Cl2NO5S. The third kappa shape index (κ3) is 4.79. The van der Waals surface area contributed by atoms with Gasteiger partial charge in [0.25, 0.3) is 11.1 Å². The summed E-state index contributed by atoms with van der Waals surface area (Å²) >= 11 is 12.7. The Morgan fingerprint density at radius 2 is 1.89 bits per heavy atom. The molecule has 0 bridgehead atoms. The molecule has 6 nitrogen and oxygen atoms in total. The molecule has 1 aromatic carbocycles. The quantitative estimate of drug-likeness (QED) is 0.468. The van der Waals surface area contributed by atoms with E-state index in [1.807, 2.05) is 0 Å². The number of nitrogens with zero attached hydrogens (tertiary/aromatic N) is 1. The van der Waals surface area contributed by atoms with Crippen molar-refractivity contribution in [2.75, 3.05) is 6.54 Å². The average molecular weight is 440 g/mol. The van der Waals surface area contributed by atoms with Gasteiger partial charge >= 0.3 is 5.97 Å².